The normalized spacial score (nSPS) is 22.7. The first kappa shape index (κ1) is 19.0. The van der Waals surface area contributed by atoms with Crippen LogP contribution in [0.25, 0.3) is 0 Å². The lowest BCUT2D eigenvalue weighted by Gasteiger charge is -2.34. The molecular formula is C19H25NO5. The Hall–Kier alpha value is -2.37. The van der Waals surface area contributed by atoms with E-state index in [1.165, 1.54) is 6.42 Å². The second-order valence-corrected chi connectivity index (χ2v) is 6.58. The molecule has 0 aliphatic heterocycles. The van der Waals surface area contributed by atoms with Crippen molar-refractivity contribution in [1.29, 1.82) is 0 Å². The molecule has 1 amide bonds. The van der Waals surface area contributed by atoms with E-state index < -0.39 is 5.97 Å². The highest BCUT2D eigenvalue weighted by atomic mass is 16.6. The van der Waals surface area contributed by atoms with Crippen molar-refractivity contribution in [3.8, 4) is 5.75 Å². The minimum absolute atomic E-state index is 0.141. The average molecular weight is 347 g/mol. The number of carbonyl (C=O) groups excluding carboxylic acids is 3. The molecule has 0 saturated heterocycles. The zero-order chi connectivity index (χ0) is 18.2. The van der Waals surface area contributed by atoms with E-state index >= 15 is 0 Å². The molecule has 1 aliphatic carbocycles. The Bertz CT molecular complexity index is 598. The van der Waals surface area contributed by atoms with Crippen LogP contribution in [0.5, 0.6) is 5.75 Å². The monoisotopic (exact) mass is 347 g/mol. The van der Waals surface area contributed by atoms with Gasteiger partial charge in [-0.1, -0.05) is 26.7 Å². The summed E-state index contributed by atoms with van der Waals surface area (Å²) in [5.74, 6) is 0.568. The summed E-state index contributed by atoms with van der Waals surface area (Å²) in [6, 6.07) is 6.51. The van der Waals surface area contributed by atoms with E-state index in [9.17, 15) is 14.4 Å². The van der Waals surface area contributed by atoms with Gasteiger partial charge in [0.05, 0.1) is 0 Å². The number of amides is 1. The van der Waals surface area contributed by atoms with Gasteiger partial charge < -0.3 is 14.8 Å². The van der Waals surface area contributed by atoms with E-state index in [1.54, 1.807) is 24.3 Å². The van der Waals surface area contributed by atoms with Gasteiger partial charge in [0.25, 0.3) is 5.91 Å². The molecule has 0 aromatic heterocycles. The first-order valence-electron chi connectivity index (χ1n) is 8.62. The van der Waals surface area contributed by atoms with Crippen LogP contribution in [0.15, 0.2) is 24.3 Å². The molecule has 0 heterocycles. The van der Waals surface area contributed by atoms with Crippen LogP contribution in [0.4, 0.5) is 0 Å². The SMILES string of the molecule is C[C@H]1[C@@H](NC(=O)COC(=O)COc2ccc(C=O)cc2)CCC[C@@H]1C. The van der Waals surface area contributed by atoms with Crippen LogP contribution in [-0.2, 0) is 14.3 Å². The minimum Gasteiger partial charge on any atom is -0.482 e. The smallest absolute Gasteiger partial charge is 0.344 e. The third-order valence-electron chi connectivity index (χ3n) is 4.79. The van der Waals surface area contributed by atoms with Crippen LogP contribution in [0.2, 0.25) is 0 Å². The van der Waals surface area contributed by atoms with Crippen molar-refractivity contribution in [1.82, 2.24) is 5.32 Å². The van der Waals surface area contributed by atoms with Crippen LogP contribution < -0.4 is 10.1 Å². The molecule has 1 saturated carbocycles. The third kappa shape index (κ3) is 5.89. The standard InChI is InChI=1S/C19H25NO5/c1-13-4-3-5-17(14(13)2)20-18(22)11-25-19(23)12-24-16-8-6-15(10-21)7-9-16/h6-10,13-14,17H,3-5,11-12H2,1-2H3,(H,20,22)/t13-,14+,17-/m0/s1. The zero-order valence-electron chi connectivity index (χ0n) is 14.7. The summed E-state index contributed by atoms with van der Waals surface area (Å²) in [6.45, 7) is 3.75. The highest BCUT2D eigenvalue weighted by molar-refractivity contribution is 5.81. The molecule has 1 aromatic carbocycles. The number of hydrogen-bond acceptors (Lipinski definition) is 5. The molecule has 0 spiro atoms. The van der Waals surface area contributed by atoms with Gasteiger partial charge in [-0.3, -0.25) is 9.59 Å². The lowest BCUT2D eigenvalue weighted by atomic mass is 9.78. The summed E-state index contributed by atoms with van der Waals surface area (Å²) in [4.78, 5) is 34.2. The number of carbonyl (C=O) groups is 3. The summed E-state index contributed by atoms with van der Waals surface area (Å²) in [5.41, 5.74) is 0.526. The van der Waals surface area contributed by atoms with Gasteiger partial charge in [0.2, 0.25) is 0 Å². The van der Waals surface area contributed by atoms with E-state index in [0.717, 1.165) is 19.1 Å². The molecule has 0 radical (unpaired) electrons. The van der Waals surface area contributed by atoms with Gasteiger partial charge in [-0.25, -0.2) is 4.79 Å². The number of esters is 1. The minimum atomic E-state index is -0.611. The fourth-order valence-corrected chi connectivity index (χ4v) is 3.01. The van der Waals surface area contributed by atoms with E-state index in [0.29, 0.717) is 23.1 Å². The van der Waals surface area contributed by atoms with E-state index in [2.05, 4.69) is 19.2 Å². The topological polar surface area (TPSA) is 81.7 Å². The molecular weight excluding hydrogens is 322 g/mol. The third-order valence-corrected chi connectivity index (χ3v) is 4.79. The summed E-state index contributed by atoms with van der Waals surface area (Å²) in [5, 5.41) is 2.95. The highest BCUT2D eigenvalue weighted by Crippen LogP contribution is 2.29. The molecule has 0 unspecified atom stereocenters. The van der Waals surface area contributed by atoms with Crippen LogP contribution in [-0.4, -0.2) is 37.4 Å². The zero-order valence-corrected chi connectivity index (χ0v) is 14.7. The van der Waals surface area contributed by atoms with Gasteiger partial charge in [-0.05, 0) is 42.5 Å². The Kier molecular flexibility index (Phi) is 6.98. The van der Waals surface area contributed by atoms with Crippen molar-refractivity contribution in [3.63, 3.8) is 0 Å². The lowest BCUT2D eigenvalue weighted by molar-refractivity contribution is -0.150. The fraction of sp³-hybridized carbons (Fsp3) is 0.526. The van der Waals surface area contributed by atoms with Crippen molar-refractivity contribution < 1.29 is 23.9 Å². The molecule has 1 N–H and O–H groups in total. The highest BCUT2D eigenvalue weighted by Gasteiger charge is 2.28. The van der Waals surface area contributed by atoms with Gasteiger partial charge in [-0.2, -0.15) is 0 Å². The largest absolute Gasteiger partial charge is 0.482 e. The van der Waals surface area contributed by atoms with Crippen molar-refractivity contribution in [2.24, 2.45) is 11.8 Å². The second-order valence-electron chi connectivity index (χ2n) is 6.58. The van der Waals surface area contributed by atoms with Crippen molar-refractivity contribution >= 4 is 18.2 Å². The summed E-state index contributed by atoms with van der Waals surface area (Å²) in [7, 11) is 0. The van der Waals surface area contributed by atoms with E-state index in [4.69, 9.17) is 9.47 Å². The second kappa shape index (κ2) is 9.20. The van der Waals surface area contributed by atoms with Crippen molar-refractivity contribution in [2.75, 3.05) is 13.2 Å². The Morgan fingerprint density at radius 2 is 1.88 bits per heavy atom. The van der Waals surface area contributed by atoms with Crippen molar-refractivity contribution in [3.05, 3.63) is 29.8 Å². The molecule has 2 rings (SSSR count). The van der Waals surface area contributed by atoms with Gasteiger partial charge in [0.15, 0.2) is 13.2 Å². The summed E-state index contributed by atoms with van der Waals surface area (Å²) in [6.07, 6.45) is 3.98. The van der Waals surface area contributed by atoms with Gasteiger partial charge in [-0.15, -0.1) is 0 Å². The van der Waals surface area contributed by atoms with Gasteiger partial charge in [0.1, 0.15) is 12.0 Å². The molecule has 0 bridgehead atoms. The Labute approximate surface area is 147 Å². The molecule has 1 aromatic rings. The Balaban J connectivity index is 1.68. The number of benzene rings is 1. The predicted octanol–water partition coefficient (Wildman–Crippen LogP) is 2.36. The molecule has 1 aliphatic rings. The predicted molar refractivity (Wildman–Crippen MR) is 92.4 cm³/mol. The quantitative estimate of drug-likeness (QED) is 0.605. The molecule has 25 heavy (non-hydrogen) atoms. The molecule has 1 fully saturated rings. The number of aldehydes is 1. The first-order chi connectivity index (χ1) is 12.0. The first-order valence-corrected chi connectivity index (χ1v) is 8.62. The maximum absolute atomic E-state index is 12.0. The average Bonchev–Trinajstić information content (AvgIpc) is 2.62. The van der Waals surface area contributed by atoms with E-state index in [1.807, 2.05) is 0 Å². The van der Waals surface area contributed by atoms with Crippen molar-refractivity contribution in [2.45, 2.75) is 39.2 Å². The molecule has 6 nitrogen and oxygen atoms in total. The summed E-state index contributed by atoms with van der Waals surface area (Å²) < 4.78 is 10.2. The summed E-state index contributed by atoms with van der Waals surface area (Å²) >= 11 is 0. The Morgan fingerprint density at radius 1 is 1.16 bits per heavy atom. The number of hydrogen-bond donors (Lipinski definition) is 1. The van der Waals surface area contributed by atoms with E-state index in [-0.39, 0.29) is 25.2 Å². The van der Waals surface area contributed by atoms with Crippen LogP contribution in [0.1, 0.15) is 43.5 Å². The van der Waals surface area contributed by atoms with Crippen LogP contribution in [0.3, 0.4) is 0 Å². The van der Waals surface area contributed by atoms with Gasteiger partial charge >= 0.3 is 5.97 Å². The maximum atomic E-state index is 12.0. The van der Waals surface area contributed by atoms with Crippen LogP contribution >= 0.6 is 0 Å². The fourth-order valence-electron chi connectivity index (χ4n) is 3.01. The molecule has 6 heteroatoms. The maximum Gasteiger partial charge on any atom is 0.344 e. The van der Waals surface area contributed by atoms with Gasteiger partial charge in [0, 0.05) is 11.6 Å². The molecule has 3 atom stereocenters. The lowest BCUT2D eigenvalue weighted by Crippen LogP contribution is -2.45. The Morgan fingerprint density at radius 3 is 2.56 bits per heavy atom. The molecule has 136 valence electrons. The number of nitrogens with one attached hydrogen (secondary N) is 1. The number of ether oxygens (including phenoxy) is 2. The number of rotatable bonds is 7. The van der Waals surface area contributed by atoms with Crippen LogP contribution in [0, 0.1) is 11.8 Å².